The van der Waals surface area contributed by atoms with Crippen LogP contribution in [0.2, 0.25) is 0 Å². The molecule has 0 spiro atoms. The van der Waals surface area contributed by atoms with Crippen molar-refractivity contribution >= 4 is 33.2 Å². The average Bonchev–Trinajstić information content (AvgIpc) is 2.91. The lowest BCUT2D eigenvalue weighted by molar-refractivity contribution is -0.116. The van der Waals surface area contributed by atoms with Gasteiger partial charge in [0.05, 0.1) is 0 Å². The highest BCUT2D eigenvalue weighted by Crippen LogP contribution is 2.37. The fourth-order valence-electron chi connectivity index (χ4n) is 3.29. The Bertz CT molecular complexity index is 841. The van der Waals surface area contributed by atoms with Gasteiger partial charge in [-0.3, -0.25) is 4.79 Å². The third-order valence-corrected chi connectivity index (χ3v) is 5.32. The van der Waals surface area contributed by atoms with Crippen molar-refractivity contribution < 1.29 is 4.79 Å². The topological polar surface area (TPSA) is 25.2 Å². The van der Waals surface area contributed by atoms with Crippen LogP contribution in [0.15, 0.2) is 47.0 Å². The van der Waals surface area contributed by atoms with Crippen molar-refractivity contribution in [3.63, 3.8) is 0 Å². The van der Waals surface area contributed by atoms with Gasteiger partial charge in [0.2, 0.25) is 6.41 Å². The summed E-state index contributed by atoms with van der Waals surface area (Å²) in [4.78, 5) is 12.7. The van der Waals surface area contributed by atoms with E-state index in [9.17, 15) is 4.79 Å². The Hall–Kier alpha value is -1.81. The minimum Gasteiger partial charge on any atom is -0.348 e. The molecule has 0 radical (unpaired) electrons. The summed E-state index contributed by atoms with van der Waals surface area (Å²) < 4.78 is 3.46. The van der Waals surface area contributed by atoms with Gasteiger partial charge in [0.15, 0.2) is 0 Å². The van der Waals surface area contributed by atoms with Gasteiger partial charge in [-0.25, -0.2) is 0 Å². The van der Waals surface area contributed by atoms with E-state index in [2.05, 4.69) is 79.0 Å². The van der Waals surface area contributed by atoms with Crippen molar-refractivity contribution in [1.82, 2.24) is 9.47 Å². The quantitative estimate of drug-likeness (QED) is 0.413. The molecule has 0 aliphatic rings. The Kier molecular flexibility index (Phi) is 6.51. The molecule has 0 N–H and O–H groups in total. The van der Waals surface area contributed by atoms with Crippen LogP contribution in [0.5, 0.6) is 0 Å². The molecule has 0 fully saturated rings. The number of nitrogens with zero attached hydrogens (tertiary/aromatic N) is 2. The second-order valence-electron chi connectivity index (χ2n) is 7.64. The summed E-state index contributed by atoms with van der Waals surface area (Å²) >= 11 is 3.62. The van der Waals surface area contributed by atoms with E-state index >= 15 is 0 Å². The van der Waals surface area contributed by atoms with E-state index in [-0.39, 0.29) is 5.41 Å². The Morgan fingerprint density at radius 2 is 2.04 bits per heavy atom. The number of halogens is 1. The number of carbonyl (C=O) groups is 1. The number of hydrogen-bond donors (Lipinski definition) is 0. The van der Waals surface area contributed by atoms with Crippen molar-refractivity contribution in [2.45, 2.75) is 46.1 Å². The Balaban J connectivity index is 2.76. The molecule has 26 heavy (non-hydrogen) atoms. The predicted molar refractivity (Wildman–Crippen MR) is 115 cm³/mol. The minimum atomic E-state index is -0.171. The average molecular weight is 417 g/mol. The van der Waals surface area contributed by atoms with E-state index in [1.165, 1.54) is 27.7 Å². The summed E-state index contributed by atoms with van der Waals surface area (Å²) in [5, 5.41) is 1.25. The number of benzene rings is 1. The van der Waals surface area contributed by atoms with Crippen molar-refractivity contribution in [1.29, 1.82) is 0 Å². The van der Waals surface area contributed by atoms with Crippen LogP contribution in [-0.4, -0.2) is 29.5 Å². The number of carbonyl (C=O) groups excluding carboxylic acids is 1. The highest BCUT2D eigenvalue weighted by molar-refractivity contribution is 9.10. The van der Waals surface area contributed by atoms with Crippen LogP contribution in [0, 0.1) is 0 Å². The number of fused-ring (bicyclic) bond motifs is 1. The van der Waals surface area contributed by atoms with Gasteiger partial charge in [0.1, 0.15) is 0 Å². The van der Waals surface area contributed by atoms with Crippen LogP contribution in [0.3, 0.4) is 0 Å². The van der Waals surface area contributed by atoms with E-state index < -0.39 is 0 Å². The molecule has 0 aliphatic carbocycles. The van der Waals surface area contributed by atoms with Crippen molar-refractivity contribution in [3.05, 3.63) is 58.2 Å². The predicted octanol–water partition coefficient (Wildman–Crippen LogP) is 5.46. The van der Waals surface area contributed by atoms with E-state index in [4.69, 9.17) is 0 Å². The smallest absolute Gasteiger partial charge is 0.209 e. The molecule has 2 rings (SSSR count). The van der Waals surface area contributed by atoms with Gasteiger partial charge in [-0.05, 0) is 38.0 Å². The van der Waals surface area contributed by atoms with Crippen LogP contribution < -0.4 is 0 Å². The summed E-state index contributed by atoms with van der Waals surface area (Å²) in [6.45, 7) is 14.3. The molecule has 0 unspecified atom stereocenters. The summed E-state index contributed by atoms with van der Waals surface area (Å²) in [6.07, 6.45) is 5.98. The second kappa shape index (κ2) is 8.26. The van der Waals surface area contributed by atoms with Gasteiger partial charge in [-0.2, -0.15) is 0 Å². The van der Waals surface area contributed by atoms with Gasteiger partial charge in [-0.15, -0.1) is 6.58 Å². The molecule has 0 saturated heterocycles. The number of amides is 1. The number of allylic oxidation sites excluding steroid dienone is 3. The largest absolute Gasteiger partial charge is 0.348 e. The molecule has 1 amide bonds. The van der Waals surface area contributed by atoms with Gasteiger partial charge < -0.3 is 9.47 Å². The number of aromatic nitrogens is 1. The van der Waals surface area contributed by atoms with Crippen LogP contribution in [-0.2, 0) is 23.2 Å². The molecule has 1 aromatic heterocycles. The maximum Gasteiger partial charge on any atom is 0.209 e. The molecule has 0 saturated carbocycles. The summed E-state index contributed by atoms with van der Waals surface area (Å²) in [5.74, 6) is 0. The zero-order valence-corrected chi connectivity index (χ0v) is 18.1. The normalized spacial score (nSPS) is 11.5. The third kappa shape index (κ3) is 4.29. The summed E-state index contributed by atoms with van der Waals surface area (Å²) in [7, 11) is 1.82. The zero-order chi connectivity index (χ0) is 19.5. The lowest BCUT2D eigenvalue weighted by Crippen LogP contribution is -2.23. The van der Waals surface area contributed by atoms with E-state index in [1.54, 1.807) is 4.90 Å². The van der Waals surface area contributed by atoms with Gasteiger partial charge in [-0.1, -0.05) is 53.6 Å². The molecule has 1 aromatic carbocycles. The highest BCUT2D eigenvalue weighted by atomic mass is 79.9. The first-order valence-electron chi connectivity index (χ1n) is 8.95. The van der Waals surface area contributed by atoms with Crippen LogP contribution in [0.25, 0.3) is 10.9 Å². The number of likely N-dealkylation sites (N-methyl/N-ethyl adjacent to an activating group) is 1. The lowest BCUT2D eigenvalue weighted by Gasteiger charge is -2.25. The van der Waals surface area contributed by atoms with E-state index in [0.29, 0.717) is 6.54 Å². The molecule has 0 atom stereocenters. The summed E-state index contributed by atoms with van der Waals surface area (Å²) in [5.41, 5.74) is 4.92. The number of hydrogen-bond acceptors (Lipinski definition) is 1. The highest BCUT2D eigenvalue weighted by Gasteiger charge is 2.27. The second-order valence-corrected chi connectivity index (χ2v) is 8.56. The van der Waals surface area contributed by atoms with Crippen LogP contribution in [0.4, 0.5) is 0 Å². The Morgan fingerprint density at radius 1 is 1.35 bits per heavy atom. The molecule has 2 aromatic rings. The number of rotatable bonds is 8. The molecule has 1 heterocycles. The van der Waals surface area contributed by atoms with E-state index in [0.717, 1.165) is 23.8 Å². The third-order valence-electron chi connectivity index (χ3n) is 4.83. The maximum atomic E-state index is 11.0. The maximum absolute atomic E-state index is 11.0. The molecule has 140 valence electrons. The lowest BCUT2D eigenvalue weighted by atomic mass is 9.85. The first-order chi connectivity index (χ1) is 12.2. The molecule has 0 bridgehead atoms. The molecular weight excluding hydrogens is 388 g/mol. The zero-order valence-electron chi connectivity index (χ0n) is 16.5. The SMILES string of the molecule is C=CC(C)(C)c1c(CCN(C)C=O)c2ccc(Br)cc2n1CC=C(C)C. The van der Waals surface area contributed by atoms with Gasteiger partial charge in [0.25, 0.3) is 0 Å². The first-order valence-corrected chi connectivity index (χ1v) is 9.74. The van der Waals surface area contributed by atoms with Crippen molar-refractivity contribution in [2.24, 2.45) is 0 Å². The fraction of sp³-hybridized carbons (Fsp3) is 0.409. The van der Waals surface area contributed by atoms with Crippen molar-refractivity contribution in [2.75, 3.05) is 13.6 Å². The standard InChI is InChI=1S/C22H29BrN2O/c1-7-22(4,5)21-19(11-12-24(6)15-26)18-9-8-17(23)14-20(18)25(21)13-10-16(2)3/h7-10,14-15H,1,11-13H2,2-6H3. The molecule has 3 nitrogen and oxygen atoms in total. The van der Waals surface area contributed by atoms with Crippen molar-refractivity contribution in [3.8, 4) is 0 Å². The minimum absolute atomic E-state index is 0.171. The van der Waals surface area contributed by atoms with Gasteiger partial charge >= 0.3 is 0 Å². The first kappa shape index (κ1) is 20.5. The Labute approximate surface area is 165 Å². The molecular formula is C22H29BrN2O. The fourth-order valence-corrected chi connectivity index (χ4v) is 3.63. The summed E-state index contributed by atoms with van der Waals surface area (Å²) in [6, 6.07) is 6.45. The van der Waals surface area contributed by atoms with E-state index in [1.807, 2.05) is 13.1 Å². The van der Waals surface area contributed by atoms with Gasteiger partial charge in [0, 0.05) is 46.6 Å². The van der Waals surface area contributed by atoms with Crippen LogP contribution >= 0.6 is 15.9 Å². The monoisotopic (exact) mass is 416 g/mol. The Morgan fingerprint density at radius 3 is 2.62 bits per heavy atom. The van der Waals surface area contributed by atoms with Crippen LogP contribution in [0.1, 0.15) is 39.0 Å². The molecule has 4 heteroatoms. The molecule has 0 aliphatic heterocycles.